The summed E-state index contributed by atoms with van der Waals surface area (Å²) in [6.45, 7) is 17.1. The summed E-state index contributed by atoms with van der Waals surface area (Å²) in [5.41, 5.74) is 6.36. The van der Waals surface area contributed by atoms with Crippen LogP contribution < -0.4 is 0 Å². The van der Waals surface area contributed by atoms with Crippen molar-refractivity contribution in [3.05, 3.63) is 213 Å². The first-order chi connectivity index (χ1) is 25.7. The van der Waals surface area contributed by atoms with Crippen LogP contribution in [0.5, 0.6) is 0 Å². The zero-order valence-corrected chi connectivity index (χ0v) is 32.6. The number of rotatable bonds is 10. The molecule has 0 unspecified atom stereocenters. The van der Waals surface area contributed by atoms with Crippen LogP contribution in [0.4, 0.5) is 0 Å². The van der Waals surface area contributed by atoms with E-state index < -0.39 is 33.6 Å². The topological polar surface area (TPSA) is 52.6 Å². The van der Waals surface area contributed by atoms with Crippen LogP contribution in [-0.2, 0) is 31.4 Å². The Bertz CT molecular complexity index is 2070. The van der Waals surface area contributed by atoms with Gasteiger partial charge in [-0.3, -0.25) is 0 Å². The van der Waals surface area contributed by atoms with E-state index in [4.69, 9.17) is 9.78 Å². The first-order valence-electron chi connectivity index (χ1n) is 18.6. The van der Waals surface area contributed by atoms with Gasteiger partial charge in [0.1, 0.15) is 0 Å². The number of hydrogen-bond acceptors (Lipinski definition) is 4. The maximum absolute atomic E-state index is 14.3. The predicted molar refractivity (Wildman–Crippen MR) is 218 cm³/mol. The van der Waals surface area contributed by atoms with Crippen LogP contribution in [0.1, 0.15) is 121 Å². The molecule has 6 aromatic rings. The van der Waals surface area contributed by atoms with E-state index in [-0.39, 0.29) is 0 Å². The van der Waals surface area contributed by atoms with Gasteiger partial charge in [0.15, 0.2) is 0 Å². The van der Waals surface area contributed by atoms with E-state index in [0.29, 0.717) is 11.1 Å². The maximum atomic E-state index is 14.3. The minimum absolute atomic E-state index is 0.335. The molecule has 4 heteroatoms. The van der Waals surface area contributed by atoms with Gasteiger partial charge in [-0.15, -0.1) is 0 Å². The lowest BCUT2D eigenvalue weighted by Gasteiger charge is -2.37. The zero-order chi connectivity index (χ0) is 38.7. The average molecular weight is 715 g/mol. The molecule has 0 fully saturated rings. The largest absolute Gasteiger partial charge is 0.386 e. The highest BCUT2D eigenvalue weighted by molar-refractivity contribution is 5.95. The van der Waals surface area contributed by atoms with Gasteiger partial charge in [-0.05, 0) is 56.6 Å². The Balaban J connectivity index is 1.43. The maximum Gasteiger partial charge on any atom is 0.386 e. The number of benzene rings is 6. The number of hydrogen-bond donors (Lipinski definition) is 0. The molecule has 0 N–H and O–H groups in total. The highest BCUT2D eigenvalue weighted by Gasteiger charge is 2.39. The van der Waals surface area contributed by atoms with Crippen LogP contribution in [-0.4, -0.2) is 11.9 Å². The molecule has 0 radical (unpaired) electrons. The Morgan fingerprint density at radius 3 is 0.870 bits per heavy atom. The summed E-state index contributed by atoms with van der Waals surface area (Å²) in [5.74, 6) is -1.48. The Hall–Kier alpha value is -5.74. The fourth-order valence-electron chi connectivity index (χ4n) is 8.02. The molecule has 0 aliphatic carbocycles. The van der Waals surface area contributed by atoms with E-state index in [0.717, 1.165) is 44.5 Å². The van der Waals surface area contributed by atoms with Crippen molar-refractivity contribution in [2.75, 3.05) is 0 Å². The molecule has 0 spiro atoms. The molecular formula is C50H50O4. The second-order valence-electron chi connectivity index (χ2n) is 16.2. The van der Waals surface area contributed by atoms with Gasteiger partial charge in [0.25, 0.3) is 0 Å². The van der Waals surface area contributed by atoms with Crippen LogP contribution in [0.25, 0.3) is 0 Å². The SMILES string of the molecule is CC(C)(c1ccccc1)c1cccc(C(=O)OOC(=O)c2cccc(C(C)(C)c3ccccc3)c2C(C)(C)c2ccccc2)c1C(C)(C)c1ccccc1. The minimum atomic E-state index is -0.738. The molecule has 6 rings (SSSR count). The predicted octanol–water partition coefficient (Wildman–Crippen LogP) is 11.9. The van der Waals surface area contributed by atoms with Crippen LogP contribution >= 0.6 is 0 Å². The highest BCUT2D eigenvalue weighted by Crippen LogP contribution is 2.45. The van der Waals surface area contributed by atoms with E-state index in [1.807, 2.05) is 84.9 Å². The van der Waals surface area contributed by atoms with Crippen molar-refractivity contribution in [1.29, 1.82) is 0 Å². The molecule has 0 saturated heterocycles. The van der Waals surface area contributed by atoms with E-state index in [1.165, 1.54) is 0 Å². The number of carbonyl (C=O) groups is 2. The van der Waals surface area contributed by atoms with Crippen molar-refractivity contribution in [1.82, 2.24) is 0 Å². The zero-order valence-electron chi connectivity index (χ0n) is 32.6. The molecule has 274 valence electrons. The molecule has 0 aliphatic heterocycles. The van der Waals surface area contributed by atoms with Crippen molar-refractivity contribution in [3.8, 4) is 0 Å². The first-order valence-corrected chi connectivity index (χ1v) is 18.6. The highest BCUT2D eigenvalue weighted by atomic mass is 17.2. The normalized spacial score (nSPS) is 12.2. The van der Waals surface area contributed by atoms with E-state index in [1.54, 1.807) is 12.1 Å². The van der Waals surface area contributed by atoms with Gasteiger partial charge in [0, 0.05) is 21.7 Å². The summed E-state index contributed by atoms with van der Waals surface area (Å²) in [4.78, 5) is 39.8. The summed E-state index contributed by atoms with van der Waals surface area (Å²) in [7, 11) is 0. The van der Waals surface area contributed by atoms with E-state index in [9.17, 15) is 9.59 Å². The summed E-state index contributed by atoms with van der Waals surface area (Å²) >= 11 is 0. The van der Waals surface area contributed by atoms with Crippen LogP contribution in [0.2, 0.25) is 0 Å². The van der Waals surface area contributed by atoms with Crippen molar-refractivity contribution in [3.63, 3.8) is 0 Å². The standard InChI is InChI=1S/C50H50O4/c1-47(2,35-23-13-9-14-24-35)41-33-21-31-39(43(41)49(5,6)37-27-17-11-18-28-37)45(51)53-54-46(52)40-32-22-34-42(48(3,4)36-25-15-10-16-26-36)44(40)50(7,8)38-29-19-12-20-30-38/h9-34H,1-8H3. The van der Waals surface area contributed by atoms with Crippen molar-refractivity contribution >= 4 is 11.9 Å². The quantitative estimate of drug-likeness (QED) is 0.105. The van der Waals surface area contributed by atoms with Crippen LogP contribution in [0.3, 0.4) is 0 Å². The molecule has 0 aliphatic rings. The van der Waals surface area contributed by atoms with Gasteiger partial charge in [-0.25, -0.2) is 19.4 Å². The molecular weight excluding hydrogens is 665 g/mol. The molecule has 0 aromatic heterocycles. The second kappa shape index (κ2) is 14.9. The summed E-state index contributed by atoms with van der Waals surface area (Å²) in [5, 5.41) is 0. The molecule has 54 heavy (non-hydrogen) atoms. The van der Waals surface area contributed by atoms with Gasteiger partial charge < -0.3 is 0 Å². The summed E-state index contributed by atoms with van der Waals surface area (Å²) in [6, 6.07) is 52.2. The van der Waals surface area contributed by atoms with Gasteiger partial charge in [-0.2, -0.15) is 0 Å². The summed E-state index contributed by atoms with van der Waals surface area (Å²) < 4.78 is 0. The van der Waals surface area contributed by atoms with E-state index in [2.05, 4.69) is 116 Å². The van der Waals surface area contributed by atoms with Crippen molar-refractivity contribution in [2.24, 2.45) is 0 Å². The average Bonchev–Trinajstić information content (AvgIpc) is 3.20. The fourth-order valence-corrected chi connectivity index (χ4v) is 8.02. The fraction of sp³-hybridized carbons (Fsp3) is 0.240. The third-order valence-corrected chi connectivity index (χ3v) is 11.3. The van der Waals surface area contributed by atoms with Crippen LogP contribution in [0.15, 0.2) is 158 Å². The molecule has 6 aromatic carbocycles. The second-order valence-corrected chi connectivity index (χ2v) is 16.2. The van der Waals surface area contributed by atoms with Crippen LogP contribution in [0, 0.1) is 0 Å². The molecule has 0 bridgehead atoms. The molecule has 0 atom stereocenters. The molecule has 0 saturated carbocycles. The third kappa shape index (κ3) is 7.13. The van der Waals surface area contributed by atoms with E-state index >= 15 is 0 Å². The lowest BCUT2D eigenvalue weighted by molar-refractivity contribution is -0.187. The number of carbonyl (C=O) groups excluding carboxylic acids is 2. The third-order valence-electron chi connectivity index (χ3n) is 11.3. The Kier molecular flexibility index (Phi) is 10.5. The Morgan fingerprint density at radius 1 is 0.333 bits per heavy atom. The Labute approximate surface area is 320 Å². The first kappa shape index (κ1) is 38.0. The lowest BCUT2D eigenvalue weighted by Crippen LogP contribution is -2.32. The van der Waals surface area contributed by atoms with Gasteiger partial charge in [-0.1, -0.05) is 201 Å². The van der Waals surface area contributed by atoms with Crippen molar-refractivity contribution < 1.29 is 19.4 Å². The lowest BCUT2D eigenvalue weighted by atomic mass is 9.67. The molecule has 4 nitrogen and oxygen atoms in total. The monoisotopic (exact) mass is 714 g/mol. The van der Waals surface area contributed by atoms with Crippen molar-refractivity contribution in [2.45, 2.75) is 77.0 Å². The minimum Gasteiger partial charge on any atom is -0.241 e. The Morgan fingerprint density at radius 2 is 0.593 bits per heavy atom. The smallest absolute Gasteiger partial charge is 0.241 e. The summed E-state index contributed by atoms with van der Waals surface area (Å²) in [6.07, 6.45) is 0. The molecule has 0 amide bonds. The molecule has 0 heterocycles. The van der Waals surface area contributed by atoms with Gasteiger partial charge in [0.05, 0.1) is 11.1 Å². The van der Waals surface area contributed by atoms with Gasteiger partial charge in [0.2, 0.25) is 0 Å². The van der Waals surface area contributed by atoms with Gasteiger partial charge >= 0.3 is 11.9 Å².